The van der Waals surface area contributed by atoms with Crippen LogP contribution in [0.5, 0.6) is 11.5 Å². The highest BCUT2D eigenvalue weighted by Gasteiger charge is 2.08. The topological polar surface area (TPSA) is 47.5 Å². The van der Waals surface area contributed by atoms with E-state index in [2.05, 4.69) is 9.97 Å². The van der Waals surface area contributed by atoms with Crippen LogP contribution in [0.3, 0.4) is 0 Å². The van der Waals surface area contributed by atoms with E-state index in [0.717, 1.165) is 22.8 Å². The first-order valence-electron chi connectivity index (χ1n) is 6.35. The second kappa shape index (κ2) is 6.23. The highest BCUT2D eigenvalue weighted by atomic mass is 16.5. The zero-order valence-corrected chi connectivity index (χ0v) is 12.3. The largest absolute Gasteiger partial charge is 0.497 e. The molecule has 0 aliphatic carbocycles. The zero-order chi connectivity index (χ0) is 14.5. The van der Waals surface area contributed by atoms with Gasteiger partial charge >= 0.3 is 0 Å². The summed E-state index contributed by atoms with van der Waals surface area (Å²) in [6.45, 7) is 2.63. The molecule has 20 heavy (non-hydrogen) atoms. The molecule has 2 aromatic rings. The van der Waals surface area contributed by atoms with Gasteiger partial charge in [0.05, 0.1) is 14.2 Å². The summed E-state index contributed by atoms with van der Waals surface area (Å²) in [5.74, 6) is 2.25. The Labute approximate surface area is 119 Å². The minimum absolute atomic E-state index is 0.678. The van der Waals surface area contributed by atoms with Gasteiger partial charge in [0.1, 0.15) is 11.5 Å². The number of aromatic nitrogens is 2. The van der Waals surface area contributed by atoms with Crippen molar-refractivity contribution in [2.75, 3.05) is 26.2 Å². The maximum Gasteiger partial charge on any atom is 0.225 e. The van der Waals surface area contributed by atoms with Crippen molar-refractivity contribution in [3.8, 4) is 11.5 Å². The summed E-state index contributed by atoms with van der Waals surface area (Å²) in [5, 5.41) is 0. The monoisotopic (exact) mass is 273 g/mol. The molecule has 2 rings (SSSR count). The molecule has 5 nitrogen and oxygen atoms in total. The molecule has 0 spiro atoms. The minimum atomic E-state index is 0.678. The molecule has 1 aromatic heterocycles. The van der Waals surface area contributed by atoms with Crippen LogP contribution in [-0.4, -0.2) is 31.2 Å². The van der Waals surface area contributed by atoms with Gasteiger partial charge in [0.2, 0.25) is 5.95 Å². The van der Waals surface area contributed by atoms with Gasteiger partial charge in [0, 0.05) is 31.5 Å². The summed E-state index contributed by atoms with van der Waals surface area (Å²) in [6, 6.07) is 7.70. The second-order valence-electron chi connectivity index (χ2n) is 4.57. The van der Waals surface area contributed by atoms with Crippen LogP contribution >= 0.6 is 0 Å². The molecule has 106 valence electrons. The highest BCUT2D eigenvalue weighted by molar-refractivity contribution is 5.40. The Morgan fingerprint density at radius 3 is 2.30 bits per heavy atom. The predicted molar refractivity (Wildman–Crippen MR) is 78.4 cm³/mol. The van der Waals surface area contributed by atoms with Crippen molar-refractivity contribution in [2.24, 2.45) is 0 Å². The third-order valence-corrected chi connectivity index (χ3v) is 2.95. The molecule has 1 heterocycles. The number of rotatable bonds is 5. The van der Waals surface area contributed by atoms with Crippen molar-refractivity contribution >= 4 is 5.95 Å². The Hall–Kier alpha value is -2.30. The fourth-order valence-electron chi connectivity index (χ4n) is 1.92. The lowest BCUT2D eigenvalue weighted by Crippen LogP contribution is -2.19. The van der Waals surface area contributed by atoms with Crippen LogP contribution in [0.25, 0.3) is 0 Å². The van der Waals surface area contributed by atoms with Crippen molar-refractivity contribution in [3.63, 3.8) is 0 Å². The standard InChI is InChI=1S/C15H19N3O2/c1-11-5-6-16-15(17-11)18(2)10-12-7-13(19-3)9-14(8-12)20-4/h5-9H,10H2,1-4H3. The average molecular weight is 273 g/mol. The van der Waals surface area contributed by atoms with Crippen LogP contribution in [0.2, 0.25) is 0 Å². The van der Waals surface area contributed by atoms with Gasteiger partial charge in [-0.25, -0.2) is 9.97 Å². The van der Waals surface area contributed by atoms with Crippen LogP contribution < -0.4 is 14.4 Å². The number of benzene rings is 1. The number of nitrogens with zero attached hydrogens (tertiary/aromatic N) is 3. The Morgan fingerprint density at radius 2 is 1.75 bits per heavy atom. The smallest absolute Gasteiger partial charge is 0.225 e. The number of methoxy groups -OCH3 is 2. The molecular formula is C15H19N3O2. The molecule has 0 N–H and O–H groups in total. The van der Waals surface area contributed by atoms with Crippen LogP contribution in [-0.2, 0) is 6.54 Å². The third kappa shape index (κ3) is 3.38. The van der Waals surface area contributed by atoms with Crippen LogP contribution in [0.1, 0.15) is 11.3 Å². The summed E-state index contributed by atoms with van der Waals surface area (Å²) >= 11 is 0. The van der Waals surface area contributed by atoms with Gasteiger partial charge in [0.15, 0.2) is 0 Å². The molecular weight excluding hydrogens is 254 g/mol. The van der Waals surface area contributed by atoms with E-state index in [0.29, 0.717) is 12.5 Å². The molecule has 0 unspecified atom stereocenters. The Kier molecular flexibility index (Phi) is 4.40. The highest BCUT2D eigenvalue weighted by Crippen LogP contribution is 2.23. The van der Waals surface area contributed by atoms with E-state index in [1.165, 1.54) is 0 Å². The van der Waals surface area contributed by atoms with E-state index < -0.39 is 0 Å². The summed E-state index contributed by atoms with van der Waals surface area (Å²) in [5.41, 5.74) is 2.03. The maximum absolute atomic E-state index is 5.27. The van der Waals surface area contributed by atoms with Crippen molar-refractivity contribution in [3.05, 3.63) is 41.7 Å². The lowest BCUT2D eigenvalue weighted by Gasteiger charge is -2.18. The van der Waals surface area contributed by atoms with Gasteiger partial charge in [-0.1, -0.05) is 0 Å². The quantitative estimate of drug-likeness (QED) is 0.837. The number of hydrogen-bond donors (Lipinski definition) is 0. The Balaban J connectivity index is 2.20. The van der Waals surface area contributed by atoms with Gasteiger partial charge in [-0.2, -0.15) is 0 Å². The Bertz CT molecular complexity index is 565. The van der Waals surface area contributed by atoms with Crippen LogP contribution in [0, 0.1) is 6.92 Å². The molecule has 1 aromatic carbocycles. The van der Waals surface area contributed by atoms with Gasteiger partial charge in [-0.05, 0) is 30.7 Å². The summed E-state index contributed by atoms with van der Waals surface area (Å²) in [4.78, 5) is 10.7. The van der Waals surface area contributed by atoms with Crippen molar-refractivity contribution in [1.82, 2.24) is 9.97 Å². The van der Waals surface area contributed by atoms with E-state index in [1.54, 1.807) is 20.4 Å². The fourth-order valence-corrected chi connectivity index (χ4v) is 1.92. The number of anilines is 1. The van der Waals surface area contributed by atoms with Gasteiger partial charge in [-0.3, -0.25) is 0 Å². The first-order chi connectivity index (χ1) is 9.62. The van der Waals surface area contributed by atoms with Crippen LogP contribution in [0.4, 0.5) is 5.95 Å². The van der Waals surface area contributed by atoms with Gasteiger partial charge < -0.3 is 14.4 Å². The molecule has 0 saturated carbocycles. The van der Waals surface area contributed by atoms with E-state index in [4.69, 9.17) is 9.47 Å². The number of ether oxygens (including phenoxy) is 2. The van der Waals surface area contributed by atoms with Crippen molar-refractivity contribution < 1.29 is 9.47 Å². The fraction of sp³-hybridized carbons (Fsp3) is 0.333. The SMILES string of the molecule is COc1cc(CN(C)c2nccc(C)n2)cc(OC)c1. The predicted octanol–water partition coefficient (Wildman–Crippen LogP) is 2.44. The molecule has 0 fully saturated rings. The van der Waals surface area contributed by atoms with E-state index in [1.807, 2.05) is 43.1 Å². The maximum atomic E-state index is 5.27. The lowest BCUT2D eigenvalue weighted by molar-refractivity contribution is 0.393. The first-order valence-corrected chi connectivity index (χ1v) is 6.35. The molecule has 0 aliphatic rings. The molecule has 0 aliphatic heterocycles. The van der Waals surface area contributed by atoms with E-state index in [-0.39, 0.29) is 0 Å². The number of hydrogen-bond acceptors (Lipinski definition) is 5. The molecule has 0 saturated heterocycles. The van der Waals surface area contributed by atoms with Crippen LogP contribution in [0.15, 0.2) is 30.5 Å². The minimum Gasteiger partial charge on any atom is -0.497 e. The third-order valence-electron chi connectivity index (χ3n) is 2.95. The summed E-state index contributed by atoms with van der Waals surface area (Å²) < 4.78 is 10.5. The van der Waals surface area contributed by atoms with E-state index >= 15 is 0 Å². The molecule has 0 bridgehead atoms. The first kappa shape index (κ1) is 14.1. The van der Waals surface area contributed by atoms with Gasteiger partial charge in [0.25, 0.3) is 0 Å². The lowest BCUT2D eigenvalue weighted by atomic mass is 10.2. The van der Waals surface area contributed by atoms with E-state index in [9.17, 15) is 0 Å². The van der Waals surface area contributed by atoms with Crippen molar-refractivity contribution in [2.45, 2.75) is 13.5 Å². The molecule has 0 radical (unpaired) electrons. The summed E-state index contributed by atoms with van der Waals surface area (Å²) in [6.07, 6.45) is 1.76. The van der Waals surface area contributed by atoms with Gasteiger partial charge in [-0.15, -0.1) is 0 Å². The molecule has 0 amide bonds. The average Bonchev–Trinajstić information content (AvgIpc) is 2.46. The summed E-state index contributed by atoms with van der Waals surface area (Å²) in [7, 11) is 5.25. The number of aryl methyl sites for hydroxylation is 1. The normalized spacial score (nSPS) is 10.2. The van der Waals surface area contributed by atoms with Crippen molar-refractivity contribution in [1.29, 1.82) is 0 Å². The molecule has 5 heteroatoms. The molecule has 0 atom stereocenters. The zero-order valence-electron chi connectivity index (χ0n) is 12.3. The second-order valence-corrected chi connectivity index (χ2v) is 4.57. The Morgan fingerprint density at radius 1 is 1.10 bits per heavy atom.